The summed E-state index contributed by atoms with van der Waals surface area (Å²) in [5.74, 6) is 0.755. The Morgan fingerprint density at radius 3 is 1.71 bits per heavy atom. The van der Waals surface area contributed by atoms with Crippen LogP contribution in [0.15, 0.2) is 46.5 Å². The summed E-state index contributed by atoms with van der Waals surface area (Å²) in [6.45, 7) is 21.9. The van der Waals surface area contributed by atoms with Gasteiger partial charge < -0.3 is 5.11 Å². The summed E-state index contributed by atoms with van der Waals surface area (Å²) >= 11 is 0. The van der Waals surface area contributed by atoms with Gasteiger partial charge in [0.05, 0.1) is 11.4 Å². The Hall–Kier alpha value is -1.67. The van der Waals surface area contributed by atoms with E-state index >= 15 is 0 Å². The maximum atomic E-state index is 11.2. The lowest BCUT2D eigenvalue weighted by Crippen LogP contribution is -2.33. The fraction of sp³-hybridized carbons (Fsp3) is 0.577. The molecule has 1 atom stereocenters. The Balaban J connectivity index is 2.75. The largest absolute Gasteiger partial charge is 0.382 e. The molecule has 1 N–H and O–H groups in total. The number of aliphatic hydroxyl groups is 1. The van der Waals surface area contributed by atoms with Crippen LogP contribution < -0.4 is 0 Å². The van der Waals surface area contributed by atoms with E-state index in [9.17, 15) is 5.11 Å². The highest BCUT2D eigenvalue weighted by atomic mass is 16.3. The lowest BCUT2D eigenvalue weighted by molar-refractivity contribution is 0.244. The first-order valence-electron chi connectivity index (χ1n) is 10.6. The topological polar surface area (TPSA) is 32.6 Å². The third-order valence-corrected chi connectivity index (χ3v) is 5.50. The molecular weight excluding hydrogens is 342 g/mol. The standard InChI is InChI=1S/C26H39NO/c1-16(2)19-12-11-13-20(17(3)4)23(19)27-22-15-18(25(5,6)7)14-21(24(22)28)26(8,9)10/h11-17,24,28H,1-10H3. The lowest BCUT2D eigenvalue weighted by Gasteiger charge is -2.34. The van der Waals surface area contributed by atoms with Crippen LogP contribution >= 0.6 is 0 Å². The smallest absolute Gasteiger partial charge is 0.118 e. The molecule has 1 aromatic rings. The molecule has 2 rings (SSSR count). The fourth-order valence-electron chi connectivity index (χ4n) is 3.61. The van der Waals surface area contributed by atoms with Gasteiger partial charge in [0, 0.05) is 0 Å². The number of rotatable bonds is 3. The minimum Gasteiger partial charge on any atom is -0.382 e. The first-order chi connectivity index (χ1) is 12.7. The second kappa shape index (κ2) is 7.99. The average Bonchev–Trinajstić information content (AvgIpc) is 2.54. The minimum absolute atomic E-state index is 0.00411. The molecule has 0 saturated carbocycles. The molecule has 2 heteroatoms. The van der Waals surface area contributed by atoms with Gasteiger partial charge in [-0.1, -0.05) is 93.5 Å². The Morgan fingerprint density at radius 2 is 1.32 bits per heavy atom. The summed E-state index contributed by atoms with van der Waals surface area (Å²) in [6.07, 6.45) is 3.61. The van der Waals surface area contributed by atoms with Crippen molar-refractivity contribution in [2.45, 2.75) is 87.2 Å². The molecule has 2 nitrogen and oxygen atoms in total. The highest BCUT2D eigenvalue weighted by Gasteiger charge is 2.32. The quantitative estimate of drug-likeness (QED) is 0.584. The molecule has 0 saturated heterocycles. The molecule has 1 aromatic carbocycles. The van der Waals surface area contributed by atoms with Crippen LogP contribution in [0.2, 0.25) is 0 Å². The van der Waals surface area contributed by atoms with E-state index in [1.54, 1.807) is 0 Å². The van der Waals surface area contributed by atoms with Crippen LogP contribution in [0.4, 0.5) is 5.69 Å². The van der Waals surface area contributed by atoms with E-state index in [1.165, 1.54) is 16.7 Å². The molecule has 154 valence electrons. The van der Waals surface area contributed by atoms with Gasteiger partial charge >= 0.3 is 0 Å². The van der Waals surface area contributed by atoms with Gasteiger partial charge in [0.25, 0.3) is 0 Å². The fourth-order valence-corrected chi connectivity index (χ4v) is 3.61. The second-order valence-corrected chi connectivity index (χ2v) is 10.7. The number of aliphatic hydroxyl groups excluding tert-OH is 1. The minimum atomic E-state index is -0.675. The summed E-state index contributed by atoms with van der Waals surface area (Å²) in [4.78, 5) is 5.12. The van der Waals surface area contributed by atoms with Crippen molar-refractivity contribution in [1.82, 2.24) is 0 Å². The molecule has 1 aliphatic rings. The van der Waals surface area contributed by atoms with Crippen LogP contribution in [0.1, 0.15) is 92.2 Å². The molecule has 0 heterocycles. The van der Waals surface area contributed by atoms with Crippen molar-refractivity contribution in [3.8, 4) is 0 Å². The van der Waals surface area contributed by atoms with Gasteiger partial charge in [-0.25, -0.2) is 4.99 Å². The van der Waals surface area contributed by atoms with Gasteiger partial charge in [-0.15, -0.1) is 0 Å². The molecule has 0 bridgehead atoms. The molecule has 0 spiro atoms. The van der Waals surface area contributed by atoms with E-state index in [1.807, 2.05) is 0 Å². The first-order valence-corrected chi connectivity index (χ1v) is 10.6. The van der Waals surface area contributed by atoms with E-state index in [-0.39, 0.29) is 10.8 Å². The Bertz CT molecular complexity index is 782. The number of aliphatic imine (C=N–C) groups is 1. The maximum Gasteiger partial charge on any atom is 0.118 e. The van der Waals surface area contributed by atoms with E-state index in [4.69, 9.17) is 4.99 Å². The molecule has 0 fully saturated rings. The van der Waals surface area contributed by atoms with E-state index in [2.05, 4.69) is 99.6 Å². The van der Waals surface area contributed by atoms with Crippen molar-refractivity contribution in [3.05, 3.63) is 52.6 Å². The summed E-state index contributed by atoms with van der Waals surface area (Å²) in [7, 11) is 0. The predicted molar refractivity (Wildman–Crippen MR) is 123 cm³/mol. The number of benzene rings is 1. The predicted octanol–water partition coefficient (Wildman–Crippen LogP) is 7.33. The molecule has 0 aromatic heterocycles. The monoisotopic (exact) mass is 381 g/mol. The van der Waals surface area contributed by atoms with Gasteiger partial charge in [0.1, 0.15) is 6.10 Å². The van der Waals surface area contributed by atoms with Gasteiger partial charge in [-0.05, 0) is 51.0 Å². The van der Waals surface area contributed by atoms with Gasteiger partial charge in [-0.3, -0.25) is 0 Å². The normalized spacial score (nSPS) is 20.0. The Morgan fingerprint density at radius 1 is 0.821 bits per heavy atom. The maximum absolute atomic E-state index is 11.2. The average molecular weight is 382 g/mol. The first kappa shape index (κ1) is 22.6. The van der Waals surface area contributed by atoms with Crippen LogP contribution in [0.25, 0.3) is 0 Å². The molecule has 1 unspecified atom stereocenters. The Kier molecular flexibility index (Phi) is 6.45. The van der Waals surface area contributed by atoms with Crippen molar-refractivity contribution in [1.29, 1.82) is 0 Å². The van der Waals surface area contributed by atoms with Crippen LogP contribution in [0, 0.1) is 10.8 Å². The molecular formula is C26H39NO. The van der Waals surface area contributed by atoms with Crippen molar-refractivity contribution in [2.75, 3.05) is 0 Å². The summed E-state index contributed by atoms with van der Waals surface area (Å²) in [6, 6.07) is 6.46. The number of hydrogen-bond donors (Lipinski definition) is 1. The summed E-state index contributed by atoms with van der Waals surface area (Å²) in [5.41, 5.74) is 6.39. The highest BCUT2D eigenvalue weighted by molar-refractivity contribution is 6.04. The summed E-state index contributed by atoms with van der Waals surface area (Å²) in [5, 5.41) is 11.2. The van der Waals surface area contributed by atoms with E-state index in [0.29, 0.717) is 11.8 Å². The van der Waals surface area contributed by atoms with Crippen molar-refractivity contribution in [3.63, 3.8) is 0 Å². The Labute approximate surface area is 172 Å². The van der Waals surface area contributed by atoms with Crippen molar-refractivity contribution >= 4 is 11.4 Å². The number of nitrogens with zero attached hydrogens (tertiary/aromatic N) is 1. The van der Waals surface area contributed by atoms with Crippen LogP contribution in [0.3, 0.4) is 0 Å². The lowest BCUT2D eigenvalue weighted by atomic mass is 9.73. The second-order valence-electron chi connectivity index (χ2n) is 10.7. The van der Waals surface area contributed by atoms with Gasteiger partial charge in [0.15, 0.2) is 0 Å². The van der Waals surface area contributed by atoms with Crippen LogP contribution in [-0.4, -0.2) is 16.9 Å². The van der Waals surface area contributed by atoms with Crippen molar-refractivity contribution in [2.24, 2.45) is 15.8 Å². The highest BCUT2D eigenvalue weighted by Crippen LogP contribution is 2.40. The van der Waals surface area contributed by atoms with Crippen LogP contribution in [0.5, 0.6) is 0 Å². The van der Waals surface area contributed by atoms with Crippen molar-refractivity contribution < 1.29 is 5.11 Å². The van der Waals surface area contributed by atoms with Gasteiger partial charge in [0.2, 0.25) is 0 Å². The molecule has 0 amide bonds. The third-order valence-electron chi connectivity index (χ3n) is 5.50. The molecule has 0 aliphatic heterocycles. The number of allylic oxidation sites excluding steroid dienone is 2. The zero-order chi connectivity index (χ0) is 21.4. The SMILES string of the molecule is CC(C)c1cccc(C(C)C)c1N=C1C=C(C(C)(C)C)C=C(C(C)(C)C)C1O. The molecule has 0 radical (unpaired) electrons. The van der Waals surface area contributed by atoms with E-state index in [0.717, 1.165) is 17.0 Å². The molecule has 1 aliphatic carbocycles. The van der Waals surface area contributed by atoms with Gasteiger partial charge in [-0.2, -0.15) is 0 Å². The van der Waals surface area contributed by atoms with E-state index < -0.39 is 6.10 Å². The summed E-state index contributed by atoms with van der Waals surface area (Å²) < 4.78 is 0. The molecule has 28 heavy (non-hydrogen) atoms. The zero-order valence-corrected chi connectivity index (χ0v) is 19.5. The van der Waals surface area contributed by atoms with Crippen LogP contribution in [-0.2, 0) is 0 Å². The number of hydrogen-bond acceptors (Lipinski definition) is 2. The third kappa shape index (κ3) is 4.84. The number of para-hydroxylation sites is 1. The zero-order valence-electron chi connectivity index (χ0n) is 19.5.